The average Bonchev–Trinajstić information content (AvgIpc) is 3.25. The number of rotatable bonds is 7. The van der Waals surface area contributed by atoms with E-state index in [4.69, 9.17) is 16.3 Å². The predicted octanol–water partition coefficient (Wildman–Crippen LogP) is 2.82. The number of nitrogens with one attached hydrogen (secondary N) is 1. The molecule has 0 spiro atoms. The minimum atomic E-state index is -3.71. The summed E-state index contributed by atoms with van der Waals surface area (Å²) in [5, 5.41) is 2.87. The van der Waals surface area contributed by atoms with Gasteiger partial charge in [0.2, 0.25) is 15.9 Å². The Hall–Kier alpha value is -2.16. The van der Waals surface area contributed by atoms with Gasteiger partial charge in [-0.2, -0.15) is 4.31 Å². The maximum atomic E-state index is 12.8. The molecule has 7 nitrogen and oxygen atoms in total. The molecule has 2 aromatic rings. The summed E-state index contributed by atoms with van der Waals surface area (Å²) in [4.78, 5) is 16.3. The molecule has 9 heteroatoms. The topological polar surface area (TPSA) is 88.6 Å². The molecule has 0 bridgehead atoms. The Morgan fingerprint density at radius 2 is 1.97 bits per heavy atom. The molecule has 0 atom stereocenters. The Labute approximate surface area is 187 Å². The van der Waals surface area contributed by atoms with Crippen molar-refractivity contribution in [3.8, 4) is 5.75 Å². The summed E-state index contributed by atoms with van der Waals surface area (Å²) in [5.41, 5.74) is 2.76. The summed E-state index contributed by atoms with van der Waals surface area (Å²) in [6, 6.07) is 9.19. The number of hydrogen-bond donors (Lipinski definition) is 1. The lowest BCUT2D eigenvalue weighted by Crippen LogP contribution is -2.43. The molecule has 0 saturated carbocycles. The maximum Gasteiger partial charge on any atom is 0.246 e. The summed E-state index contributed by atoms with van der Waals surface area (Å²) in [6.07, 6.45) is 5.82. The molecule has 2 aliphatic rings. The molecule has 2 heterocycles. The maximum absolute atomic E-state index is 12.8. The number of nitrogens with zero attached hydrogens (tertiary/aromatic N) is 2. The first kappa shape index (κ1) is 22.0. The minimum Gasteiger partial charge on any atom is -0.492 e. The highest BCUT2D eigenvalue weighted by molar-refractivity contribution is 7.89. The van der Waals surface area contributed by atoms with Crippen LogP contribution in [0.25, 0.3) is 0 Å². The van der Waals surface area contributed by atoms with Crippen molar-refractivity contribution in [2.75, 3.05) is 26.2 Å². The Balaban J connectivity index is 1.22. The number of ether oxygens (including phenoxy) is 1. The largest absolute Gasteiger partial charge is 0.492 e. The smallest absolute Gasteiger partial charge is 0.246 e. The molecule has 31 heavy (non-hydrogen) atoms. The van der Waals surface area contributed by atoms with Gasteiger partial charge in [-0.25, -0.2) is 13.4 Å². The number of benzene rings is 1. The van der Waals surface area contributed by atoms with Crippen molar-refractivity contribution in [1.29, 1.82) is 0 Å². The van der Waals surface area contributed by atoms with E-state index in [1.165, 1.54) is 34.1 Å². The van der Waals surface area contributed by atoms with Gasteiger partial charge in [0, 0.05) is 25.2 Å². The molecule has 1 aromatic carbocycles. The SMILES string of the molecule is O=C(NCCOc1ccc2c(c1)CCC2)C1CCN(S(=O)(=O)c2cccnc2Cl)CC1. The van der Waals surface area contributed by atoms with Gasteiger partial charge in [-0.15, -0.1) is 0 Å². The zero-order valence-corrected chi connectivity index (χ0v) is 18.8. The van der Waals surface area contributed by atoms with E-state index < -0.39 is 10.0 Å². The number of halogens is 1. The van der Waals surface area contributed by atoms with Gasteiger partial charge < -0.3 is 10.1 Å². The van der Waals surface area contributed by atoms with E-state index in [0.717, 1.165) is 18.6 Å². The van der Waals surface area contributed by atoms with E-state index in [0.29, 0.717) is 26.0 Å². The number of aryl methyl sites for hydroxylation is 2. The van der Waals surface area contributed by atoms with Gasteiger partial charge in [-0.05, 0) is 67.5 Å². The van der Waals surface area contributed by atoms with Crippen LogP contribution in [0.2, 0.25) is 5.15 Å². The van der Waals surface area contributed by atoms with Crippen molar-refractivity contribution in [2.45, 2.75) is 37.0 Å². The fourth-order valence-electron chi connectivity index (χ4n) is 4.19. The first-order chi connectivity index (χ1) is 14.9. The predicted molar refractivity (Wildman–Crippen MR) is 118 cm³/mol. The van der Waals surface area contributed by atoms with E-state index in [-0.39, 0.29) is 35.0 Å². The summed E-state index contributed by atoms with van der Waals surface area (Å²) in [6.45, 7) is 1.37. The number of sulfonamides is 1. The van der Waals surface area contributed by atoms with Crippen molar-refractivity contribution in [3.63, 3.8) is 0 Å². The summed E-state index contributed by atoms with van der Waals surface area (Å²) < 4.78 is 32.7. The fourth-order valence-corrected chi connectivity index (χ4v) is 6.08. The van der Waals surface area contributed by atoms with Crippen LogP contribution in [0.3, 0.4) is 0 Å². The molecule has 166 valence electrons. The number of carbonyl (C=O) groups is 1. The van der Waals surface area contributed by atoms with Crippen LogP contribution in [0, 0.1) is 5.92 Å². The molecule has 0 unspecified atom stereocenters. The highest BCUT2D eigenvalue weighted by atomic mass is 35.5. The van der Waals surface area contributed by atoms with Crippen molar-refractivity contribution in [1.82, 2.24) is 14.6 Å². The molecule has 1 amide bonds. The van der Waals surface area contributed by atoms with Crippen LogP contribution in [0.1, 0.15) is 30.4 Å². The number of carbonyl (C=O) groups excluding carboxylic acids is 1. The Morgan fingerprint density at radius 1 is 1.19 bits per heavy atom. The second kappa shape index (κ2) is 9.54. The number of amides is 1. The molecule has 1 aromatic heterocycles. The third-order valence-corrected chi connectivity index (χ3v) is 8.25. The Morgan fingerprint density at radius 3 is 2.74 bits per heavy atom. The van der Waals surface area contributed by atoms with Gasteiger partial charge >= 0.3 is 0 Å². The number of piperidine rings is 1. The monoisotopic (exact) mass is 463 g/mol. The van der Waals surface area contributed by atoms with E-state index in [2.05, 4.69) is 22.4 Å². The molecular weight excluding hydrogens is 438 g/mol. The van der Waals surface area contributed by atoms with Crippen LogP contribution < -0.4 is 10.1 Å². The normalized spacial score (nSPS) is 17.3. The van der Waals surface area contributed by atoms with Crippen LogP contribution >= 0.6 is 11.6 Å². The first-order valence-corrected chi connectivity index (χ1v) is 12.4. The Bertz CT molecular complexity index is 1050. The quantitative estimate of drug-likeness (QED) is 0.504. The lowest BCUT2D eigenvalue weighted by atomic mass is 9.97. The van der Waals surface area contributed by atoms with Gasteiger partial charge in [0.15, 0.2) is 0 Å². The average molecular weight is 464 g/mol. The number of fused-ring (bicyclic) bond motifs is 1. The van der Waals surface area contributed by atoms with Crippen molar-refractivity contribution in [3.05, 3.63) is 52.8 Å². The zero-order valence-electron chi connectivity index (χ0n) is 17.2. The van der Waals surface area contributed by atoms with Gasteiger partial charge in [0.25, 0.3) is 0 Å². The molecule has 1 N–H and O–H groups in total. The van der Waals surface area contributed by atoms with Crippen LogP contribution in [-0.2, 0) is 27.7 Å². The third kappa shape index (κ3) is 5.02. The first-order valence-electron chi connectivity index (χ1n) is 10.6. The van der Waals surface area contributed by atoms with Crippen LogP contribution in [0.5, 0.6) is 5.75 Å². The van der Waals surface area contributed by atoms with E-state index in [1.54, 1.807) is 6.07 Å². The van der Waals surface area contributed by atoms with Gasteiger partial charge in [0.05, 0.1) is 6.54 Å². The van der Waals surface area contributed by atoms with Crippen LogP contribution in [0.4, 0.5) is 0 Å². The molecule has 4 rings (SSSR count). The van der Waals surface area contributed by atoms with E-state index in [1.807, 2.05) is 6.07 Å². The summed E-state index contributed by atoms with van der Waals surface area (Å²) in [7, 11) is -3.71. The van der Waals surface area contributed by atoms with Crippen molar-refractivity contribution < 1.29 is 17.9 Å². The van der Waals surface area contributed by atoms with Crippen molar-refractivity contribution in [2.24, 2.45) is 5.92 Å². The third-order valence-electron chi connectivity index (χ3n) is 5.91. The van der Waals surface area contributed by atoms with E-state index in [9.17, 15) is 13.2 Å². The lowest BCUT2D eigenvalue weighted by Gasteiger charge is -2.30. The molecule has 1 fully saturated rings. The van der Waals surface area contributed by atoms with Gasteiger partial charge in [-0.3, -0.25) is 4.79 Å². The fraction of sp³-hybridized carbons (Fsp3) is 0.455. The van der Waals surface area contributed by atoms with Gasteiger partial charge in [-0.1, -0.05) is 17.7 Å². The second-order valence-corrected chi connectivity index (χ2v) is 10.2. The highest BCUT2D eigenvalue weighted by Crippen LogP contribution is 2.27. The molecular formula is C22H26ClN3O4S. The van der Waals surface area contributed by atoms with Crippen LogP contribution in [-0.4, -0.2) is 49.9 Å². The molecule has 1 aliphatic heterocycles. The number of aromatic nitrogens is 1. The summed E-state index contributed by atoms with van der Waals surface area (Å²) >= 11 is 5.96. The number of hydrogen-bond acceptors (Lipinski definition) is 5. The van der Waals surface area contributed by atoms with Gasteiger partial charge in [0.1, 0.15) is 22.4 Å². The molecule has 1 aliphatic carbocycles. The van der Waals surface area contributed by atoms with Crippen LogP contribution in [0.15, 0.2) is 41.4 Å². The zero-order chi connectivity index (χ0) is 21.8. The van der Waals surface area contributed by atoms with E-state index >= 15 is 0 Å². The molecule has 1 saturated heterocycles. The standard InChI is InChI=1S/C22H26ClN3O4S/c23-21-20(5-2-10-24-21)31(28,29)26-12-8-17(9-13-26)22(27)25-11-14-30-19-7-6-16-3-1-4-18(16)15-19/h2,5-7,10,15,17H,1,3-4,8-9,11-14H2,(H,25,27). The highest BCUT2D eigenvalue weighted by Gasteiger charge is 2.33. The van der Waals surface area contributed by atoms with Crippen molar-refractivity contribution >= 4 is 27.5 Å². The molecule has 0 radical (unpaired) electrons. The number of pyridine rings is 1. The lowest BCUT2D eigenvalue weighted by molar-refractivity contribution is -0.126. The Kier molecular flexibility index (Phi) is 6.79. The summed E-state index contributed by atoms with van der Waals surface area (Å²) in [5.74, 6) is 0.562. The second-order valence-electron chi connectivity index (χ2n) is 7.89. The minimum absolute atomic E-state index is 0.00303.